The molecule has 102 valence electrons. The highest BCUT2D eigenvalue weighted by molar-refractivity contribution is 4.76. The standard InChI is InChI=1S/C11H21F3N2O/c1-2-16-5-3-10(8-16)7-15-4-6-17-9-11(12,13)14/h10,15H,2-9H2,1H3. The van der Waals surface area contributed by atoms with Gasteiger partial charge in [-0.25, -0.2) is 0 Å². The molecule has 0 saturated carbocycles. The Hall–Kier alpha value is -0.330. The molecule has 3 nitrogen and oxygen atoms in total. The minimum absolute atomic E-state index is 0.115. The van der Waals surface area contributed by atoms with Crippen LogP contribution in [0, 0.1) is 5.92 Å². The van der Waals surface area contributed by atoms with Crippen LogP contribution in [0.15, 0.2) is 0 Å². The van der Waals surface area contributed by atoms with Crippen LogP contribution >= 0.6 is 0 Å². The van der Waals surface area contributed by atoms with Crippen LogP contribution in [0.25, 0.3) is 0 Å². The zero-order valence-corrected chi connectivity index (χ0v) is 10.2. The predicted octanol–water partition coefficient (Wildman–Crippen LogP) is 1.50. The van der Waals surface area contributed by atoms with Crippen molar-refractivity contribution in [1.29, 1.82) is 0 Å². The van der Waals surface area contributed by atoms with Crippen molar-refractivity contribution in [1.82, 2.24) is 10.2 Å². The Morgan fingerprint density at radius 3 is 2.76 bits per heavy atom. The zero-order valence-electron chi connectivity index (χ0n) is 10.2. The van der Waals surface area contributed by atoms with Crippen LogP contribution in [-0.4, -0.2) is 57.0 Å². The molecule has 1 heterocycles. The van der Waals surface area contributed by atoms with Gasteiger partial charge >= 0.3 is 6.18 Å². The van der Waals surface area contributed by atoms with E-state index >= 15 is 0 Å². The molecule has 0 aromatic rings. The highest BCUT2D eigenvalue weighted by Crippen LogP contribution is 2.15. The fourth-order valence-electron chi connectivity index (χ4n) is 2.01. The average Bonchev–Trinajstić information content (AvgIpc) is 2.69. The molecule has 0 aromatic heterocycles. The van der Waals surface area contributed by atoms with Gasteiger partial charge in [-0.15, -0.1) is 0 Å². The fraction of sp³-hybridized carbons (Fsp3) is 1.00. The molecule has 1 rings (SSSR count). The topological polar surface area (TPSA) is 24.5 Å². The Kier molecular flexibility index (Phi) is 6.22. The Balaban J connectivity index is 1.91. The maximum Gasteiger partial charge on any atom is 0.411 e. The summed E-state index contributed by atoms with van der Waals surface area (Å²) in [6.45, 7) is 5.75. The molecule has 1 atom stereocenters. The van der Waals surface area contributed by atoms with E-state index in [0.717, 1.165) is 26.2 Å². The van der Waals surface area contributed by atoms with E-state index in [1.54, 1.807) is 0 Å². The number of hydrogen-bond donors (Lipinski definition) is 1. The number of halogens is 3. The van der Waals surface area contributed by atoms with Gasteiger partial charge in [-0.05, 0) is 32.0 Å². The van der Waals surface area contributed by atoms with Gasteiger partial charge in [0.05, 0.1) is 6.61 Å². The minimum atomic E-state index is -4.22. The maximum atomic E-state index is 11.7. The van der Waals surface area contributed by atoms with Crippen molar-refractivity contribution in [3.63, 3.8) is 0 Å². The normalized spacial score (nSPS) is 22.2. The van der Waals surface area contributed by atoms with Gasteiger partial charge in [-0.1, -0.05) is 6.92 Å². The van der Waals surface area contributed by atoms with Gasteiger partial charge in [0.25, 0.3) is 0 Å². The molecular formula is C11H21F3N2O. The summed E-state index contributed by atoms with van der Waals surface area (Å²) in [5, 5.41) is 3.14. The maximum absolute atomic E-state index is 11.7. The van der Waals surface area contributed by atoms with Gasteiger partial charge < -0.3 is 15.0 Å². The molecule has 0 radical (unpaired) electrons. The van der Waals surface area contributed by atoms with Gasteiger partial charge in [0.1, 0.15) is 6.61 Å². The zero-order chi connectivity index (χ0) is 12.7. The molecule has 1 aliphatic rings. The van der Waals surface area contributed by atoms with Crippen LogP contribution in [0.1, 0.15) is 13.3 Å². The Bertz CT molecular complexity index is 211. The van der Waals surface area contributed by atoms with Crippen molar-refractivity contribution < 1.29 is 17.9 Å². The van der Waals surface area contributed by atoms with E-state index in [1.807, 2.05) is 0 Å². The molecule has 17 heavy (non-hydrogen) atoms. The number of rotatable bonds is 7. The largest absolute Gasteiger partial charge is 0.411 e. The summed E-state index contributed by atoms with van der Waals surface area (Å²) in [6.07, 6.45) is -3.04. The predicted molar refractivity (Wildman–Crippen MR) is 60.0 cm³/mol. The van der Waals surface area contributed by atoms with E-state index in [0.29, 0.717) is 12.5 Å². The Morgan fingerprint density at radius 2 is 2.18 bits per heavy atom. The molecule has 1 unspecified atom stereocenters. The van der Waals surface area contributed by atoms with Crippen molar-refractivity contribution >= 4 is 0 Å². The first-order valence-corrected chi connectivity index (χ1v) is 6.09. The van der Waals surface area contributed by atoms with E-state index < -0.39 is 12.8 Å². The van der Waals surface area contributed by atoms with Crippen molar-refractivity contribution in [2.45, 2.75) is 19.5 Å². The van der Waals surface area contributed by atoms with Crippen LogP contribution in [0.5, 0.6) is 0 Å². The SMILES string of the molecule is CCN1CCC(CNCCOCC(F)(F)F)C1. The first-order chi connectivity index (χ1) is 8.01. The number of likely N-dealkylation sites (tertiary alicyclic amines) is 1. The van der Waals surface area contributed by atoms with E-state index in [2.05, 4.69) is 21.9 Å². The average molecular weight is 254 g/mol. The fourth-order valence-corrected chi connectivity index (χ4v) is 2.01. The molecule has 1 fully saturated rings. The molecule has 0 aliphatic carbocycles. The van der Waals surface area contributed by atoms with Crippen LogP contribution in [0.2, 0.25) is 0 Å². The number of nitrogens with zero attached hydrogens (tertiary/aromatic N) is 1. The highest BCUT2D eigenvalue weighted by Gasteiger charge is 2.27. The van der Waals surface area contributed by atoms with Gasteiger partial charge in [-0.2, -0.15) is 13.2 Å². The second-order valence-corrected chi connectivity index (χ2v) is 4.42. The number of hydrogen-bond acceptors (Lipinski definition) is 3. The molecule has 1 saturated heterocycles. The van der Waals surface area contributed by atoms with Crippen LogP contribution in [-0.2, 0) is 4.74 Å². The molecule has 1 aliphatic heterocycles. The third-order valence-corrected chi connectivity index (χ3v) is 2.94. The number of nitrogens with one attached hydrogen (secondary N) is 1. The Labute approximate surface area is 100 Å². The lowest BCUT2D eigenvalue weighted by atomic mass is 10.1. The third-order valence-electron chi connectivity index (χ3n) is 2.94. The monoisotopic (exact) mass is 254 g/mol. The molecule has 6 heteroatoms. The third kappa shape index (κ3) is 6.85. The summed E-state index contributed by atoms with van der Waals surface area (Å²) < 4.78 is 39.7. The summed E-state index contributed by atoms with van der Waals surface area (Å²) in [6, 6.07) is 0. The molecule has 1 N–H and O–H groups in total. The first-order valence-electron chi connectivity index (χ1n) is 6.09. The van der Waals surface area contributed by atoms with Gasteiger partial charge in [-0.3, -0.25) is 0 Å². The van der Waals surface area contributed by atoms with E-state index in [9.17, 15) is 13.2 Å². The second kappa shape index (κ2) is 7.18. The van der Waals surface area contributed by atoms with Crippen molar-refractivity contribution in [2.75, 3.05) is 45.9 Å². The number of ether oxygens (including phenoxy) is 1. The second-order valence-electron chi connectivity index (χ2n) is 4.42. The van der Waals surface area contributed by atoms with Gasteiger partial charge in [0.2, 0.25) is 0 Å². The van der Waals surface area contributed by atoms with Crippen LogP contribution in [0.3, 0.4) is 0 Å². The summed E-state index contributed by atoms with van der Waals surface area (Å²) in [7, 11) is 0. The summed E-state index contributed by atoms with van der Waals surface area (Å²) in [5.74, 6) is 0.623. The summed E-state index contributed by atoms with van der Waals surface area (Å²) in [5.41, 5.74) is 0. The van der Waals surface area contributed by atoms with Gasteiger partial charge in [0, 0.05) is 13.1 Å². The van der Waals surface area contributed by atoms with Crippen LogP contribution < -0.4 is 5.32 Å². The van der Waals surface area contributed by atoms with Crippen molar-refractivity contribution in [2.24, 2.45) is 5.92 Å². The lowest BCUT2D eigenvalue weighted by Crippen LogP contribution is -2.29. The van der Waals surface area contributed by atoms with E-state index in [4.69, 9.17) is 0 Å². The summed E-state index contributed by atoms with van der Waals surface area (Å²) in [4.78, 5) is 2.38. The quantitative estimate of drug-likeness (QED) is 0.697. The smallest absolute Gasteiger partial charge is 0.371 e. The first kappa shape index (κ1) is 14.7. The van der Waals surface area contributed by atoms with Crippen LogP contribution in [0.4, 0.5) is 13.2 Å². The molecule has 0 bridgehead atoms. The molecule has 0 amide bonds. The van der Waals surface area contributed by atoms with Gasteiger partial charge in [0.15, 0.2) is 0 Å². The van der Waals surface area contributed by atoms with Crippen molar-refractivity contribution in [3.8, 4) is 0 Å². The molecule has 0 aromatic carbocycles. The molecule has 0 spiro atoms. The lowest BCUT2D eigenvalue weighted by molar-refractivity contribution is -0.173. The minimum Gasteiger partial charge on any atom is -0.371 e. The highest BCUT2D eigenvalue weighted by atomic mass is 19.4. The van der Waals surface area contributed by atoms with E-state index in [-0.39, 0.29) is 6.61 Å². The van der Waals surface area contributed by atoms with Crippen molar-refractivity contribution in [3.05, 3.63) is 0 Å². The van der Waals surface area contributed by atoms with E-state index in [1.165, 1.54) is 6.42 Å². The summed E-state index contributed by atoms with van der Waals surface area (Å²) >= 11 is 0. The Morgan fingerprint density at radius 1 is 1.41 bits per heavy atom. The number of alkyl halides is 3. The molecular weight excluding hydrogens is 233 g/mol. The lowest BCUT2D eigenvalue weighted by Gasteiger charge is -2.14.